The van der Waals surface area contributed by atoms with Gasteiger partial charge in [-0.1, -0.05) is 58.5 Å². The van der Waals surface area contributed by atoms with Crippen molar-refractivity contribution in [3.05, 3.63) is 69.2 Å². The van der Waals surface area contributed by atoms with Crippen LogP contribution in [0.25, 0.3) is 0 Å². The van der Waals surface area contributed by atoms with Gasteiger partial charge in [-0.2, -0.15) is 0 Å². The molecule has 0 aliphatic carbocycles. The molecule has 0 radical (unpaired) electrons. The second kappa shape index (κ2) is 8.10. The van der Waals surface area contributed by atoms with Crippen molar-refractivity contribution in [1.29, 1.82) is 0 Å². The second-order valence-corrected chi connectivity index (χ2v) is 7.65. The molecule has 0 aliphatic heterocycles. The van der Waals surface area contributed by atoms with Gasteiger partial charge < -0.3 is 10.6 Å². The molecule has 2 N–H and O–H groups in total. The number of carbonyl (C=O) groups excluding carboxylic acids is 1. The maximum Gasteiger partial charge on any atom is 0.269 e. The second-order valence-electron chi connectivity index (χ2n) is 4.88. The lowest BCUT2D eigenvalue weighted by molar-refractivity contribution is -0.384. The summed E-state index contributed by atoms with van der Waals surface area (Å²) in [4.78, 5) is 22.5. The van der Waals surface area contributed by atoms with E-state index in [2.05, 4.69) is 10.6 Å². The summed E-state index contributed by atoms with van der Waals surface area (Å²) in [5.74, 6) is -0.545. The fraction of sp³-hybridized carbons (Fsp3) is 0.133. The van der Waals surface area contributed by atoms with Gasteiger partial charge in [0.05, 0.1) is 15.5 Å². The molecule has 2 aromatic rings. The number of carbonyl (C=O) groups is 1. The van der Waals surface area contributed by atoms with Gasteiger partial charge in [-0.05, 0) is 24.3 Å². The van der Waals surface area contributed by atoms with Gasteiger partial charge in [0.25, 0.3) is 11.6 Å². The summed E-state index contributed by atoms with van der Waals surface area (Å²) >= 11 is 23.7. The first-order valence-corrected chi connectivity index (χ1v) is 8.33. The molecule has 0 aliphatic rings. The van der Waals surface area contributed by atoms with Gasteiger partial charge in [0, 0.05) is 17.8 Å². The standard InChI is InChI=1S/C15H11Cl4N3O3/c16-12-4-2-1-3-11(12)13(23)21-14(15(17,18)19)20-9-5-7-10(8-6-9)22(24)25/h1-8,14,20H,(H,21,23)/t14-/m1/s1. The monoisotopic (exact) mass is 421 g/mol. The number of halogens is 4. The van der Waals surface area contributed by atoms with E-state index in [0.717, 1.165) is 0 Å². The molecule has 1 atom stereocenters. The zero-order chi connectivity index (χ0) is 18.6. The van der Waals surface area contributed by atoms with Gasteiger partial charge in [-0.25, -0.2) is 0 Å². The number of nitrogens with zero attached hydrogens (tertiary/aromatic N) is 1. The number of amides is 1. The molecule has 0 bridgehead atoms. The molecule has 6 nitrogen and oxygen atoms in total. The summed E-state index contributed by atoms with van der Waals surface area (Å²) in [7, 11) is 0. The Kier molecular flexibility index (Phi) is 6.35. The van der Waals surface area contributed by atoms with E-state index in [1.165, 1.54) is 30.3 Å². The highest BCUT2D eigenvalue weighted by molar-refractivity contribution is 6.68. The number of alkyl halides is 3. The molecule has 0 saturated carbocycles. The summed E-state index contributed by atoms with van der Waals surface area (Å²) in [5, 5.41) is 16.3. The minimum absolute atomic E-state index is 0.0870. The van der Waals surface area contributed by atoms with Crippen molar-refractivity contribution in [1.82, 2.24) is 5.32 Å². The number of benzene rings is 2. The molecule has 2 aromatic carbocycles. The van der Waals surface area contributed by atoms with E-state index < -0.39 is 20.8 Å². The van der Waals surface area contributed by atoms with Crippen molar-refractivity contribution < 1.29 is 9.72 Å². The predicted octanol–water partition coefficient (Wildman–Crippen LogP) is 4.79. The zero-order valence-corrected chi connectivity index (χ0v) is 15.4. The quantitative estimate of drug-likeness (QED) is 0.314. The number of nitro benzene ring substituents is 1. The van der Waals surface area contributed by atoms with Crippen molar-refractivity contribution in [3.8, 4) is 0 Å². The molecular weight excluding hydrogens is 412 g/mol. The van der Waals surface area contributed by atoms with Crippen molar-refractivity contribution in [2.75, 3.05) is 5.32 Å². The fourth-order valence-corrected chi connectivity index (χ4v) is 2.45. The SMILES string of the molecule is O=C(N[C@@H](Nc1ccc([N+](=O)[O-])cc1)C(Cl)(Cl)Cl)c1ccccc1Cl. The summed E-state index contributed by atoms with van der Waals surface area (Å²) in [6.45, 7) is 0. The lowest BCUT2D eigenvalue weighted by Gasteiger charge is -2.27. The van der Waals surface area contributed by atoms with E-state index in [-0.39, 0.29) is 16.3 Å². The van der Waals surface area contributed by atoms with Gasteiger partial charge in [0.15, 0.2) is 0 Å². The molecule has 2 rings (SSSR count). The van der Waals surface area contributed by atoms with Crippen LogP contribution >= 0.6 is 46.4 Å². The number of hydrogen-bond donors (Lipinski definition) is 2. The number of nitro groups is 1. The third-order valence-corrected chi connectivity index (χ3v) is 4.09. The lowest BCUT2D eigenvalue weighted by atomic mass is 10.2. The highest BCUT2D eigenvalue weighted by Crippen LogP contribution is 2.32. The van der Waals surface area contributed by atoms with Crippen LogP contribution in [0.2, 0.25) is 5.02 Å². The fourth-order valence-electron chi connectivity index (χ4n) is 1.90. The first-order chi connectivity index (χ1) is 11.7. The molecule has 0 heterocycles. The van der Waals surface area contributed by atoms with Crippen LogP contribution in [-0.4, -0.2) is 20.8 Å². The normalized spacial score (nSPS) is 12.3. The number of anilines is 1. The van der Waals surface area contributed by atoms with E-state index in [0.29, 0.717) is 5.69 Å². The Labute approximate surface area is 163 Å². The predicted molar refractivity (Wildman–Crippen MR) is 99.7 cm³/mol. The summed E-state index contributed by atoms with van der Waals surface area (Å²) in [6, 6.07) is 11.9. The van der Waals surface area contributed by atoms with Crippen LogP contribution < -0.4 is 10.6 Å². The van der Waals surface area contributed by atoms with Crippen molar-refractivity contribution in [2.45, 2.75) is 9.96 Å². The molecule has 0 aromatic heterocycles. The van der Waals surface area contributed by atoms with Crippen LogP contribution in [0.1, 0.15) is 10.4 Å². The molecule has 0 fully saturated rings. The topological polar surface area (TPSA) is 84.3 Å². The van der Waals surface area contributed by atoms with E-state index >= 15 is 0 Å². The number of non-ortho nitro benzene ring substituents is 1. The Balaban J connectivity index is 2.18. The molecule has 0 unspecified atom stereocenters. The van der Waals surface area contributed by atoms with E-state index in [1.807, 2.05) is 0 Å². The molecule has 1 amide bonds. The van der Waals surface area contributed by atoms with Crippen molar-refractivity contribution in [3.63, 3.8) is 0 Å². The third-order valence-electron chi connectivity index (χ3n) is 3.11. The Morgan fingerprint density at radius 2 is 1.68 bits per heavy atom. The Morgan fingerprint density at radius 3 is 2.20 bits per heavy atom. The van der Waals surface area contributed by atoms with Crippen LogP contribution in [0, 0.1) is 10.1 Å². The Hall–Kier alpha value is -1.73. The smallest absolute Gasteiger partial charge is 0.269 e. The number of rotatable bonds is 5. The van der Waals surface area contributed by atoms with Gasteiger partial charge in [-0.3, -0.25) is 14.9 Å². The molecular formula is C15H11Cl4N3O3. The van der Waals surface area contributed by atoms with Gasteiger partial charge in [0.2, 0.25) is 3.79 Å². The summed E-state index contributed by atoms with van der Waals surface area (Å²) in [5.41, 5.74) is 0.548. The maximum atomic E-state index is 12.4. The van der Waals surface area contributed by atoms with Crippen molar-refractivity contribution >= 4 is 63.7 Å². The van der Waals surface area contributed by atoms with E-state index in [1.54, 1.807) is 18.2 Å². The highest BCUT2D eigenvalue weighted by Gasteiger charge is 2.34. The summed E-state index contributed by atoms with van der Waals surface area (Å²) in [6.07, 6.45) is -1.11. The van der Waals surface area contributed by atoms with Crippen LogP contribution in [0.5, 0.6) is 0 Å². The van der Waals surface area contributed by atoms with Crippen LogP contribution in [0.3, 0.4) is 0 Å². The zero-order valence-electron chi connectivity index (χ0n) is 12.4. The van der Waals surface area contributed by atoms with Crippen LogP contribution in [0.4, 0.5) is 11.4 Å². The van der Waals surface area contributed by atoms with Crippen molar-refractivity contribution in [2.24, 2.45) is 0 Å². The van der Waals surface area contributed by atoms with Gasteiger partial charge in [0.1, 0.15) is 6.17 Å². The molecule has 25 heavy (non-hydrogen) atoms. The minimum Gasteiger partial charge on any atom is -0.362 e. The summed E-state index contributed by atoms with van der Waals surface area (Å²) < 4.78 is -1.89. The average molecular weight is 423 g/mol. The van der Waals surface area contributed by atoms with Crippen LogP contribution in [-0.2, 0) is 0 Å². The molecule has 0 spiro atoms. The van der Waals surface area contributed by atoms with Gasteiger partial charge >= 0.3 is 0 Å². The first-order valence-electron chi connectivity index (χ1n) is 6.81. The first kappa shape index (κ1) is 19.6. The Bertz CT molecular complexity index is 778. The van der Waals surface area contributed by atoms with E-state index in [4.69, 9.17) is 46.4 Å². The maximum absolute atomic E-state index is 12.4. The largest absolute Gasteiger partial charge is 0.362 e. The number of hydrogen-bond acceptors (Lipinski definition) is 4. The molecule has 0 saturated heterocycles. The molecule has 10 heteroatoms. The van der Waals surface area contributed by atoms with E-state index in [9.17, 15) is 14.9 Å². The van der Waals surface area contributed by atoms with Gasteiger partial charge in [-0.15, -0.1) is 0 Å². The minimum atomic E-state index is -1.89. The average Bonchev–Trinajstić information content (AvgIpc) is 2.54. The Morgan fingerprint density at radius 1 is 1.08 bits per heavy atom. The van der Waals surface area contributed by atoms with Crippen LogP contribution in [0.15, 0.2) is 48.5 Å². The lowest BCUT2D eigenvalue weighted by Crippen LogP contribution is -2.49. The highest BCUT2D eigenvalue weighted by atomic mass is 35.6. The third kappa shape index (κ3) is 5.37. The molecule has 132 valence electrons. The number of nitrogens with one attached hydrogen (secondary N) is 2.